The molecule has 150 valence electrons. The SMILES string of the molecule is ICc1cc(CI)cc(C[P+](c2ccccc2)(c2ccccc2)c2ccccc2)c1. The Morgan fingerprint density at radius 2 is 0.800 bits per heavy atom. The van der Waals surface area contributed by atoms with Crippen LogP contribution in [0.2, 0.25) is 0 Å². The van der Waals surface area contributed by atoms with E-state index in [-0.39, 0.29) is 0 Å². The molecular formula is C27H24I2P+. The van der Waals surface area contributed by atoms with E-state index in [9.17, 15) is 0 Å². The van der Waals surface area contributed by atoms with E-state index in [2.05, 4.69) is 154 Å². The largest absolute Gasteiger partial charge is 0.116 e. The maximum absolute atomic E-state index is 2.48. The van der Waals surface area contributed by atoms with Crippen molar-refractivity contribution in [3.05, 3.63) is 126 Å². The van der Waals surface area contributed by atoms with E-state index < -0.39 is 7.26 Å². The predicted octanol–water partition coefficient (Wildman–Crippen LogP) is 7.05. The van der Waals surface area contributed by atoms with Crippen molar-refractivity contribution in [1.29, 1.82) is 0 Å². The molecule has 0 aliphatic rings. The Labute approximate surface area is 207 Å². The van der Waals surface area contributed by atoms with Gasteiger partial charge in [-0.3, -0.25) is 0 Å². The molecule has 0 atom stereocenters. The summed E-state index contributed by atoms with van der Waals surface area (Å²) < 4.78 is 2.09. The Kier molecular flexibility index (Phi) is 7.61. The second-order valence-electron chi connectivity index (χ2n) is 7.40. The highest BCUT2D eigenvalue weighted by atomic mass is 127. The van der Waals surface area contributed by atoms with Crippen molar-refractivity contribution < 1.29 is 0 Å². The molecule has 0 unspecified atom stereocenters. The third-order valence-corrected chi connectivity index (χ3v) is 11.6. The molecule has 0 bridgehead atoms. The third-order valence-electron chi connectivity index (χ3n) is 5.43. The van der Waals surface area contributed by atoms with Gasteiger partial charge >= 0.3 is 0 Å². The average molecular weight is 633 g/mol. The highest BCUT2D eigenvalue weighted by Gasteiger charge is 2.45. The summed E-state index contributed by atoms with van der Waals surface area (Å²) >= 11 is 4.96. The van der Waals surface area contributed by atoms with Crippen LogP contribution in [0.25, 0.3) is 0 Å². The minimum absolute atomic E-state index is 1.04. The summed E-state index contributed by atoms with van der Waals surface area (Å²) in [6.07, 6.45) is 1.04. The maximum atomic E-state index is 2.48. The van der Waals surface area contributed by atoms with E-state index in [1.165, 1.54) is 32.6 Å². The molecule has 4 aromatic rings. The van der Waals surface area contributed by atoms with Gasteiger partial charge in [0, 0.05) is 8.86 Å². The molecule has 30 heavy (non-hydrogen) atoms. The number of benzene rings is 4. The van der Waals surface area contributed by atoms with E-state index in [4.69, 9.17) is 0 Å². The molecule has 0 N–H and O–H groups in total. The lowest BCUT2D eigenvalue weighted by Gasteiger charge is -2.28. The van der Waals surface area contributed by atoms with Crippen LogP contribution in [-0.4, -0.2) is 0 Å². The minimum atomic E-state index is -1.84. The second kappa shape index (κ2) is 10.4. The van der Waals surface area contributed by atoms with Gasteiger partial charge in [-0.25, -0.2) is 0 Å². The van der Waals surface area contributed by atoms with Crippen LogP contribution in [0.1, 0.15) is 16.7 Å². The Bertz CT molecular complexity index is 961. The highest BCUT2D eigenvalue weighted by Crippen LogP contribution is 2.58. The first-order chi connectivity index (χ1) is 14.8. The number of alkyl halides is 2. The van der Waals surface area contributed by atoms with E-state index in [0.29, 0.717) is 0 Å². The van der Waals surface area contributed by atoms with Crippen LogP contribution >= 0.6 is 52.4 Å². The van der Waals surface area contributed by atoms with Gasteiger partial charge in [0.2, 0.25) is 0 Å². The van der Waals surface area contributed by atoms with Gasteiger partial charge < -0.3 is 0 Å². The summed E-state index contributed by atoms with van der Waals surface area (Å²) in [6, 6.07) is 40.7. The fraction of sp³-hybridized carbons (Fsp3) is 0.111. The van der Waals surface area contributed by atoms with Crippen LogP contribution in [0.15, 0.2) is 109 Å². The van der Waals surface area contributed by atoms with Crippen molar-refractivity contribution in [3.63, 3.8) is 0 Å². The summed E-state index contributed by atoms with van der Waals surface area (Å²) in [5.74, 6) is 0. The molecule has 0 heterocycles. The number of hydrogen-bond donors (Lipinski definition) is 0. The topological polar surface area (TPSA) is 0 Å². The lowest BCUT2D eigenvalue weighted by Crippen LogP contribution is -2.32. The van der Waals surface area contributed by atoms with Crippen molar-refractivity contribution >= 4 is 68.4 Å². The van der Waals surface area contributed by atoms with Crippen molar-refractivity contribution in [2.75, 3.05) is 0 Å². The van der Waals surface area contributed by atoms with Gasteiger partial charge in [-0.15, -0.1) is 0 Å². The smallest absolute Gasteiger partial charge is 0.0812 e. The van der Waals surface area contributed by atoms with Crippen LogP contribution in [0.5, 0.6) is 0 Å². The van der Waals surface area contributed by atoms with Crippen molar-refractivity contribution in [2.45, 2.75) is 15.0 Å². The molecule has 4 rings (SSSR count). The molecule has 0 saturated carbocycles. The molecule has 3 heteroatoms. The monoisotopic (exact) mass is 633 g/mol. The third kappa shape index (κ3) is 4.66. The van der Waals surface area contributed by atoms with E-state index >= 15 is 0 Å². The zero-order chi connectivity index (χ0) is 20.8. The molecular weight excluding hydrogens is 609 g/mol. The quantitative estimate of drug-likeness (QED) is 0.116. The summed E-state index contributed by atoms with van der Waals surface area (Å²) in [5, 5.41) is 4.33. The van der Waals surface area contributed by atoms with Crippen molar-refractivity contribution in [1.82, 2.24) is 0 Å². The van der Waals surface area contributed by atoms with Gasteiger partial charge in [-0.05, 0) is 53.1 Å². The second-order valence-corrected chi connectivity index (χ2v) is 12.4. The Morgan fingerprint density at radius 3 is 1.13 bits per heavy atom. The van der Waals surface area contributed by atoms with Gasteiger partial charge in [0.25, 0.3) is 0 Å². The molecule has 0 aliphatic carbocycles. The van der Waals surface area contributed by atoms with Crippen LogP contribution < -0.4 is 15.9 Å². The van der Waals surface area contributed by atoms with Crippen molar-refractivity contribution in [2.24, 2.45) is 0 Å². The van der Waals surface area contributed by atoms with Crippen LogP contribution in [0.4, 0.5) is 0 Å². The molecule has 0 saturated heterocycles. The molecule has 0 radical (unpaired) electrons. The predicted molar refractivity (Wildman–Crippen MR) is 151 cm³/mol. The van der Waals surface area contributed by atoms with Crippen LogP contribution in [0.3, 0.4) is 0 Å². The maximum Gasteiger partial charge on any atom is 0.116 e. The fourth-order valence-electron chi connectivity index (χ4n) is 4.13. The van der Waals surface area contributed by atoms with E-state index in [0.717, 1.165) is 15.0 Å². The summed E-state index contributed by atoms with van der Waals surface area (Å²) in [4.78, 5) is 0. The first kappa shape index (κ1) is 22.0. The van der Waals surface area contributed by atoms with Crippen LogP contribution in [-0.2, 0) is 15.0 Å². The Morgan fingerprint density at radius 1 is 0.467 bits per heavy atom. The van der Waals surface area contributed by atoms with Crippen LogP contribution in [0, 0.1) is 0 Å². The zero-order valence-electron chi connectivity index (χ0n) is 16.7. The van der Waals surface area contributed by atoms with E-state index in [1.54, 1.807) is 0 Å². The first-order valence-electron chi connectivity index (χ1n) is 10.0. The molecule has 0 spiro atoms. The first-order valence-corrected chi connectivity index (χ1v) is 15.1. The zero-order valence-corrected chi connectivity index (χ0v) is 21.9. The van der Waals surface area contributed by atoms with Crippen molar-refractivity contribution in [3.8, 4) is 0 Å². The normalized spacial score (nSPS) is 11.4. The molecule has 0 amide bonds. The highest BCUT2D eigenvalue weighted by molar-refractivity contribution is 14.1. The number of halogens is 2. The van der Waals surface area contributed by atoms with Gasteiger partial charge in [-0.2, -0.15) is 0 Å². The lowest BCUT2D eigenvalue weighted by molar-refractivity contribution is 1.28. The Balaban J connectivity index is 1.98. The molecule has 0 aromatic heterocycles. The van der Waals surface area contributed by atoms with Gasteiger partial charge in [-0.1, -0.05) is 118 Å². The average Bonchev–Trinajstić information content (AvgIpc) is 2.84. The molecule has 0 nitrogen and oxygen atoms in total. The Hall–Kier alpha value is -1.23. The summed E-state index contributed by atoms with van der Waals surface area (Å²) in [6.45, 7) is 0. The van der Waals surface area contributed by atoms with Gasteiger partial charge in [0.15, 0.2) is 0 Å². The molecule has 0 aliphatic heterocycles. The molecule has 4 aromatic carbocycles. The van der Waals surface area contributed by atoms with Gasteiger partial charge in [0.05, 0.1) is 6.16 Å². The molecule has 0 fully saturated rings. The minimum Gasteiger partial charge on any atom is -0.0812 e. The summed E-state index contributed by atoms with van der Waals surface area (Å²) in [5.41, 5.74) is 4.29. The lowest BCUT2D eigenvalue weighted by atomic mass is 10.1. The fourth-order valence-corrected chi connectivity index (χ4v) is 9.22. The standard InChI is InChI=1S/C27H24I2P/c28-19-22-16-23(20-29)18-24(17-22)21-30(25-10-4-1-5-11-25,26-12-6-2-7-13-26)27-14-8-3-9-15-27/h1-18H,19-21H2/q+1. The number of hydrogen-bond acceptors (Lipinski definition) is 0. The van der Waals surface area contributed by atoms with Gasteiger partial charge in [0.1, 0.15) is 23.2 Å². The van der Waals surface area contributed by atoms with E-state index in [1.807, 2.05) is 0 Å². The summed E-state index contributed by atoms with van der Waals surface area (Å²) in [7, 11) is -1.84. The number of rotatable bonds is 7.